The summed E-state index contributed by atoms with van der Waals surface area (Å²) in [6.45, 7) is 8.84. The van der Waals surface area contributed by atoms with Crippen molar-refractivity contribution in [3.05, 3.63) is 29.4 Å². The molecule has 0 aliphatic carbocycles. The van der Waals surface area contributed by atoms with E-state index >= 15 is 0 Å². The van der Waals surface area contributed by atoms with Gasteiger partial charge in [-0.15, -0.1) is 11.3 Å². The molecule has 2 aromatic heterocycles. The first-order valence-electron chi connectivity index (χ1n) is 9.43. The molecule has 0 atom stereocenters. The molecule has 7 heteroatoms. The maximum absolute atomic E-state index is 12.7. The molecule has 0 bridgehead atoms. The Labute approximate surface area is 158 Å². The lowest BCUT2D eigenvalue weighted by atomic mass is 10.2. The number of aromatic nitrogens is 2. The molecule has 0 unspecified atom stereocenters. The van der Waals surface area contributed by atoms with E-state index in [0.29, 0.717) is 5.69 Å². The van der Waals surface area contributed by atoms with Crippen molar-refractivity contribution < 1.29 is 4.79 Å². The molecule has 138 valence electrons. The van der Waals surface area contributed by atoms with Gasteiger partial charge >= 0.3 is 0 Å². The largest absolute Gasteiger partial charge is 0.357 e. The molecule has 4 rings (SSSR count). The average molecular weight is 372 g/mol. The second-order valence-electron chi connectivity index (χ2n) is 6.86. The van der Waals surface area contributed by atoms with Crippen molar-refractivity contribution in [2.24, 2.45) is 0 Å². The van der Waals surface area contributed by atoms with Gasteiger partial charge in [-0.25, -0.2) is 9.97 Å². The third kappa shape index (κ3) is 3.59. The Kier molecular flexibility index (Phi) is 5.17. The zero-order valence-corrected chi connectivity index (χ0v) is 16.0. The highest BCUT2D eigenvalue weighted by Gasteiger charge is 2.23. The minimum Gasteiger partial charge on any atom is -0.357 e. The third-order valence-electron chi connectivity index (χ3n) is 5.25. The number of carbonyl (C=O) groups is 1. The van der Waals surface area contributed by atoms with E-state index in [2.05, 4.69) is 38.8 Å². The first-order valence-corrected chi connectivity index (χ1v) is 10.3. The second-order valence-corrected chi connectivity index (χ2v) is 7.72. The van der Waals surface area contributed by atoms with Gasteiger partial charge in [0.25, 0.3) is 5.91 Å². The van der Waals surface area contributed by atoms with Gasteiger partial charge in [0.2, 0.25) is 0 Å². The van der Waals surface area contributed by atoms with Crippen molar-refractivity contribution in [1.82, 2.24) is 19.8 Å². The van der Waals surface area contributed by atoms with Gasteiger partial charge in [-0.05, 0) is 31.5 Å². The molecule has 2 aliphatic heterocycles. The Bertz CT molecular complexity index is 746. The van der Waals surface area contributed by atoms with E-state index in [0.717, 1.165) is 62.2 Å². The van der Waals surface area contributed by atoms with Gasteiger partial charge < -0.3 is 14.7 Å². The molecular formula is C19H25N5OS. The summed E-state index contributed by atoms with van der Waals surface area (Å²) in [5, 5.41) is 2.74. The molecule has 2 aliphatic rings. The summed E-state index contributed by atoms with van der Waals surface area (Å²) in [4.78, 5) is 28.5. The van der Waals surface area contributed by atoms with Crippen molar-refractivity contribution in [3.63, 3.8) is 0 Å². The summed E-state index contributed by atoms with van der Waals surface area (Å²) >= 11 is 1.52. The molecule has 2 saturated heterocycles. The van der Waals surface area contributed by atoms with Crippen LogP contribution >= 0.6 is 11.3 Å². The minimum atomic E-state index is 0.0462. The maximum atomic E-state index is 12.7. The maximum Gasteiger partial charge on any atom is 0.273 e. The van der Waals surface area contributed by atoms with Crippen LogP contribution in [0.1, 0.15) is 30.3 Å². The van der Waals surface area contributed by atoms with Crippen LogP contribution in [0.3, 0.4) is 0 Å². The zero-order chi connectivity index (χ0) is 17.9. The van der Waals surface area contributed by atoms with Gasteiger partial charge in [0, 0.05) is 56.4 Å². The number of thiazole rings is 1. The summed E-state index contributed by atoms with van der Waals surface area (Å²) in [6, 6.07) is 4.13. The Hall–Kier alpha value is -1.99. The molecule has 0 aromatic carbocycles. The Morgan fingerprint density at radius 2 is 1.88 bits per heavy atom. The first-order chi connectivity index (χ1) is 12.7. The SMILES string of the molecule is CCN1CCN(C(=O)c2csc(-c3ccc(N4CCCC4)nc3)n2)CC1. The van der Waals surface area contributed by atoms with E-state index in [9.17, 15) is 4.79 Å². The Balaban J connectivity index is 1.43. The van der Waals surface area contributed by atoms with E-state index in [1.54, 1.807) is 0 Å². The van der Waals surface area contributed by atoms with Gasteiger partial charge in [-0.3, -0.25) is 4.79 Å². The van der Waals surface area contributed by atoms with Crippen LogP contribution < -0.4 is 4.90 Å². The minimum absolute atomic E-state index is 0.0462. The van der Waals surface area contributed by atoms with Crippen LogP contribution in [0.4, 0.5) is 5.82 Å². The molecule has 1 amide bonds. The van der Waals surface area contributed by atoms with E-state index in [4.69, 9.17) is 0 Å². The van der Waals surface area contributed by atoms with Crippen molar-refractivity contribution in [2.75, 3.05) is 50.7 Å². The fourth-order valence-electron chi connectivity index (χ4n) is 3.58. The van der Waals surface area contributed by atoms with Crippen LogP contribution in [0.15, 0.2) is 23.7 Å². The second kappa shape index (κ2) is 7.72. The zero-order valence-electron chi connectivity index (χ0n) is 15.2. The molecule has 26 heavy (non-hydrogen) atoms. The number of amides is 1. The first kappa shape index (κ1) is 17.4. The number of hydrogen-bond donors (Lipinski definition) is 0. The van der Waals surface area contributed by atoms with E-state index < -0.39 is 0 Å². The van der Waals surface area contributed by atoms with Crippen LogP contribution in [0.25, 0.3) is 10.6 Å². The number of piperazine rings is 1. The molecular weight excluding hydrogens is 346 g/mol. The number of pyridine rings is 1. The molecule has 0 radical (unpaired) electrons. The summed E-state index contributed by atoms with van der Waals surface area (Å²) in [6.07, 6.45) is 4.36. The van der Waals surface area contributed by atoms with Crippen LogP contribution in [-0.2, 0) is 0 Å². The molecule has 0 N–H and O–H groups in total. The van der Waals surface area contributed by atoms with Crippen LogP contribution in [0.2, 0.25) is 0 Å². The number of carbonyl (C=O) groups excluding carboxylic acids is 1. The van der Waals surface area contributed by atoms with Crippen molar-refractivity contribution in [3.8, 4) is 10.6 Å². The Morgan fingerprint density at radius 3 is 2.54 bits per heavy atom. The molecule has 0 saturated carbocycles. The summed E-state index contributed by atoms with van der Waals surface area (Å²) in [7, 11) is 0. The number of rotatable bonds is 4. The van der Waals surface area contributed by atoms with Gasteiger partial charge in [0.15, 0.2) is 0 Å². The van der Waals surface area contributed by atoms with Crippen molar-refractivity contribution >= 4 is 23.1 Å². The predicted octanol–water partition coefficient (Wildman–Crippen LogP) is 2.58. The lowest BCUT2D eigenvalue weighted by molar-refractivity contribution is 0.0638. The number of hydrogen-bond acceptors (Lipinski definition) is 6. The topological polar surface area (TPSA) is 52.6 Å². The van der Waals surface area contributed by atoms with Gasteiger partial charge in [-0.2, -0.15) is 0 Å². The smallest absolute Gasteiger partial charge is 0.273 e. The van der Waals surface area contributed by atoms with Crippen LogP contribution in [0.5, 0.6) is 0 Å². The number of likely N-dealkylation sites (N-methyl/N-ethyl adjacent to an activating group) is 1. The van der Waals surface area contributed by atoms with E-state index in [1.165, 1.54) is 24.2 Å². The number of anilines is 1. The highest BCUT2D eigenvalue weighted by molar-refractivity contribution is 7.13. The van der Waals surface area contributed by atoms with Gasteiger partial charge in [0.05, 0.1) is 0 Å². The normalized spacial score (nSPS) is 18.5. The lowest BCUT2D eigenvalue weighted by Crippen LogP contribution is -2.48. The lowest BCUT2D eigenvalue weighted by Gasteiger charge is -2.33. The molecule has 2 fully saturated rings. The summed E-state index contributed by atoms with van der Waals surface area (Å²) < 4.78 is 0. The summed E-state index contributed by atoms with van der Waals surface area (Å²) in [5.74, 6) is 1.08. The fraction of sp³-hybridized carbons (Fsp3) is 0.526. The van der Waals surface area contributed by atoms with Crippen LogP contribution in [0, 0.1) is 0 Å². The van der Waals surface area contributed by atoms with Crippen molar-refractivity contribution in [1.29, 1.82) is 0 Å². The molecule has 0 spiro atoms. The van der Waals surface area contributed by atoms with E-state index in [-0.39, 0.29) is 5.91 Å². The Morgan fingerprint density at radius 1 is 1.12 bits per heavy atom. The van der Waals surface area contributed by atoms with Crippen LogP contribution in [-0.4, -0.2) is 71.5 Å². The predicted molar refractivity (Wildman–Crippen MR) is 105 cm³/mol. The number of nitrogens with zero attached hydrogens (tertiary/aromatic N) is 5. The highest BCUT2D eigenvalue weighted by Crippen LogP contribution is 2.26. The quantitative estimate of drug-likeness (QED) is 0.827. The standard InChI is InChI=1S/C19H25N5OS/c1-2-22-9-11-24(12-10-22)19(25)16-14-26-18(21-16)15-5-6-17(20-13-15)23-7-3-4-8-23/h5-6,13-14H,2-4,7-12H2,1H3. The molecule has 6 nitrogen and oxygen atoms in total. The van der Waals surface area contributed by atoms with E-state index in [1.807, 2.05) is 16.5 Å². The summed E-state index contributed by atoms with van der Waals surface area (Å²) in [5.41, 5.74) is 1.53. The van der Waals surface area contributed by atoms with Gasteiger partial charge in [0.1, 0.15) is 16.5 Å². The molecule has 4 heterocycles. The average Bonchev–Trinajstić information content (AvgIpc) is 3.40. The fourth-order valence-corrected chi connectivity index (χ4v) is 4.36. The highest BCUT2D eigenvalue weighted by atomic mass is 32.1. The van der Waals surface area contributed by atoms with Crippen molar-refractivity contribution in [2.45, 2.75) is 19.8 Å². The third-order valence-corrected chi connectivity index (χ3v) is 6.15. The monoisotopic (exact) mass is 371 g/mol. The van der Waals surface area contributed by atoms with Gasteiger partial charge in [-0.1, -0.05) is 6.92 Å². The molecule has 2 aromatic rings.